The molecule has 1 N–H and O–H groups in total. The van der Waals surface area contributed by atoms with Crippen LogP contribution in [-0.4, -0.2) is 16.5 Å². The quantitative estimate of drug-likeness (QED) is 0.936. The van der Waals surface area contributed by atoms with Crippen LogP contribution in [-0.2, 0) is 6.42 Å². The van der Waals surface area contributed by atoms with E-state index in [9.17, 15) is 0 Å². The minimum Gasteiger partial charge on any atom is -0.495 e. The molecule has 0 radical (unpaired) electrons. The second-order valence-corrected chi connectivity index (χ2v) is 4.95. The van der Waals surface area contributed by atoms with Crippen molar-refractivity contribution in [1.82, 2.24) is 9.36 Å². The summed E-state index contributed by atoms with van der Waals surface area (Å²) in [4.78, 5) is 4.35. The summed E-state index contributed by atoms with van der Waals surface area (Å²) < 4.78 is 10.4. The molecule has 4 nitrogen and oxygen atoms in total. The normalized spacial score (nSPS) is 10.3. The Morgan fingerprint density at radius 3 is 2.94 bits per heavy atom. The van der Waals surface area contributed by atoms with Crippen molar-refractivity contribution in [2.75, 3.05) is 12.4 Å². The molecule has 0 amide bonds. The summed E-state index contributed by atoms with van der Waals surface area (Å²) >= 11 is 4.78. The van der Waals surface area contributed by atoms with Crippen LogP contribution in [0.3, 0.4) is 0 Å². The van der Waals surface area contributed by atoms with Gasteiger partial charge >= 0.3 is 0 Å². The summed E-state index contributed by atoms with van der Waals surface area (Å²) in [6.45, 7) is 2.04. The van der Waals surface area contributed by atoms with Crippen molar-refractivity contribution >= 4 is 38.3 Å². The molecule has 1 aromatic carbocycles. The summed E-state index contributed by atoms with van der Waals surface area (Å²) in [5, 5.41) is 4.00. The first-order chi connectivity index (χ1) is 8.22. The summed E-state index contributed by atoms with van der Waals surface area (Å²) in [7, 11) is 1.64. The first-order valence-corrected chi connectivity index (χ1v) is 6.72. The van der Waals surface area contributed by atoms with Crippen LogP contribution in [0.1, 0.15) is 12.7 Å². The monoisotopic (exact) mass is 313 g/mol. The fourth-order valence-corrected chi connectivity index (χ4v) is 2.39. The van der Waals surface area contributed by atoms with E-state index in [0.29, 0.717) is 0 Å². The van der Waals surface area contributed by atoms with Crippen LogP contribution in [0.4, 0.5) is 10.8 Å². The molecule has 90 valence electrons. The number of nitrogens with zero attached hydrogens (tertiary/aromatic N) is 2. The molecule has 0 bridgehead atoms. The van der Waals surface area contributed by atoms with Crippen molar-refractivity contribution in [3.8, 4) is 5.75 Å². The highest BCUT2D eigenvalue weighted by Gasteiger charge is 2.05. The van der Waals surface area contributed by atoms with E-state index in [-0.39, 0.29) is 0 Å². The molecule has 0 unspecified atom stereocenters. The molecule has 0 aliphatic rings. The molecule has 0 fully saturated rings. The van der Waals surface area contributed by atoms with Crippen molar-refractivity contribution in [3.05, 3.63) is 28.5 Å². The van der Waals surface area contributed by atoms with E-state index in [1.807, 2.05) is 25.1 Å². The molecular formula is C11H12BrN3OS. The van der Waals surface area contributed by atoms with Crippen LogP contribution in [0.5, 0.6) is 5.75 Å². The second kappa shape index (κ2) is 5.46. The Labute approximate surface area is 112 Å². The Kier molecular flexibility index (Phi) is 3.96. The Morgan fingerprint density at radius 1 is 1.47 bits per heavy atom. The summed E-state index contributed by atoms with van der Waals surface area (Å²) in [6, 6.07) is 5.81. The maximum atomic E-state index is 5.23. The predicted octanol–water partition coefficient (Wildman–Crippen LogP) is 3.62. The molecule has 1 heterocycles. The largest absolute Gasteiger partial charge is 0.495 e. The van der Waals surface area contributed by atoms with E-state index in [1.54, 1.807) is 7.11 Å². The fourth-order valence-electron chi connectivity index (χ4n) is 1.31. The van der Waals surface area contributed by atoms with Gasteiger partial charge in [0.15, 0.2) is 0 Å². The molecule has 0 aliphatic heterocycles. The molecule has 0 spiro atoms. The second-order valence-electron chi connectivity index (χ2n) is 3.34. The van der Waals surface area contributed by atoms with Crippen molar-refractivity contribution in [2.45, 2.75) is 13.3 Å². The number of aryl methyl sites for hydroxylation is 1. The number of methoxy groups -OCH3 is 1. The Balaban J connectivity index is 2.18. The first-order valence-electron chi connectivity index (χ1n) is 5.16. The van der Waals surface area contributed by atoms with Gasteiger partial charge in [-0.15, -0.1) is 0 Å². The average Bonchev–Trinajstić information content (AvgIpc) is 2.79. The highest BCUT2D eigenvalue weighted by molar-refractivity contribution is 9.10. The number of ether oxygens (including phenoxy) is 1. The van der Waals surface area contributed by atoms with Gasteiger partial charge in [-0.2, -0.15) is 4.37 Å². The number of hydrogen-bond donors (Lipinski definition) is 1. The summed E-state index contributed by atoms with van der Waals surface area (Å²) in [5.41, 5.74) is 0.934. The number of rotatable bonds is 4. The van der Waals surface area contributed by atoms with Gasteiger partial charge in [-0.3, -0.25) is 0 Å². The maximum absolute atomic E-state index is 5.23. The van der Waals surface area contributed by atoms with E-state index in [0.717, 1.165) is 33.3 Å². The number of hydrogen-bond acceptors (Lipinski definition) is 5. The first kappa shape index (κ1) is 12.3. The summed E-state index contributed by atoms with van der Waals surface area (Å²) in [6.07, 6.45) is 0.849. The molecule has 0 saturated carbocycles. The zero-order valence-electron chi connectivity index (χ0n) is 9.53. The molecule has 0 aliphatic carbocycles. The van der Waals surface area contributed by atoms with Crippen LogP contribution in [0.25, 0.3) is 0 Å². The van der Waals surface area contributed by atoms with Gasteiger partial charge in [0.25, 0.3) is 0 Å². The van der Waals surface area contributed by atoms with Crippen LogP contribution in [0, 0.1) is 0 Å². The van der Waals surface area contributed by atoms with E-state index >= 15 is 0 Å². The van der Waals surface area contributed by atoms with Gasteiger partial charge in [0.05, 0.1) is 11.6 Å². The van der Waals surface area contributed by atoms with E-state index in [1.165, 1.54) is 11.5 Å². The van der Waals surface area contributed by atoms with E-state index < -0.39 is 0 Å². The topological polar surface area (TPSA) is 47.0 Å². The zero-order chi connectivity index (χ0) is 12.3. The lowest BCUT2D eigenvalue weighted by molar-refractivity contribution is 0.412. The minimum absolute atomic E-state index is 0.787. The van der Waals surface area contributed by atoms with Crippen molar-refractivity contribution in [2.24, 2.45) is 0 Å². The van der Waals surface area contributed by atoms with Gasteiger partial charge in [0.1, 0.15) is 11.6 Å². The Morgan fingerprint density at radius 2 is 2.29 bits per heavy atom. The molecular weight excluding hydrogens is 302 g/mol. The van der Waals surface area contributed by atoms with Gasteiger partial charge in [-0.05, 0) is 28.1 Å². The van der Waals surface area contributed by atoms with Crippen LogP contribution in [0.15, 0.2) is 22.7 Å². The minimum atomic E-state index is 0.787. The highest BCUT2D eigenvalue weighted by atomic mass is 79.9. The van der Waals surface area contributed by atoms with E-state index in [2.05, 4.69) is 30.6 Å². The predicted molar refractivity (Wildman–Crippen MR) is 73.3 cm³/mol. The number of nitrogens with one attached hydrogen (secondary N) is 1. The lowest BCUT2D eigenvalue weighted by atomic mass is 10.3. The lowest BCUT2D eigenvalue weighted by Gasteiger charge is -2.06. The third-order valence-corrected chi connectivity index (χ3v) is 3.51. The third kappa shape index (κ3) is 2.95. The number of halogens is 1. The molecule has 2 rings (SSSR count). The maximum Gasteiger partial charge on any atom is 0.207 e. The van der Waals surface area contributed by atoms with Gasteiger partial charge < -0.3 is 10.1 Å². The fraction of sp³-hybridized carbons (Fsp3) is 0.273. The van der Waals surface area contributed by atoms with Crippen molar-refractivity contribution < 1.29 is 4.74 Å². The van der Waals surface area contributed by atoms with Crippen LogP contribution >= 0.6 is 27.5 Å². The standard InChI is InChI=1S/C11H12BrN3OS/c1-3-10-14-11(17-15-10)13-7-4-5-8(12)9(6-7)16-2/h4-6H,3H2,1-2H3,(H,13,14,15). The van der Waals surface area contributed by atoms with Crippen LogP contribution in [0.2, 0.25) is 0 Å². The Bertz CT molecular complexity index is 515. The third-order valence-electron chi connectivity index (χ3n) is 2.19. The van der Waals surface area contributed by atoms with Crippen molar-refractivity contribution in [3.63, 3.8) is 0 Å². The number of anilines is 2. The lowest BCUT2D eigenvalue weighted by Crippen LogP contribution is -1.92. The molecule has 1 aromatic heterocycles. The van der Waals surface area contributed by atoms with E-state index in [4.69, 9.17) is 4.74 Å². The van der Waals surface area contributed by atoms with Gasteiger partial charge in [0.2, 0.25) is 5.13 Å². The molecule has 0 saturated heterocycles. The van der Waals surface area contributed by atoms with Gasteiger partial charge in [0, 0.05) is 29.7 Å². The van der Waals surface area contributed by atoms with Crippen molar-refractivity contribution in [1.29, 1.82) is 0 Å². The van der Waals surface area contributed by atoms with Crippen LogP contribution < -0.4 is 10.1 Å². The van der Waals surface area contributed by atoms with Gasteiger partial charge in [-0.1, -0.05) is 6.92 Å². The number of benzene rings is 1. The zero-order valence-corrected chi connectivity index (χ0v) is 11.9. The number of aromatic nitrogens is 2. The van der Waals surface area contributed by atoms with Gasteiger partial charge in [-0.25, -0.2) is 4.98 Å². The molecule has 0 atom stereocenters. The average molecular weight is 314 g/mol. The Hall–Kier alpha value is -1.14. The molecule has 17 heavy (non-hydrogen) atoms. The SMILES string of the molecule is CCc1nsc(Nc2ccc(Br)c(OC)c2)n1. The smallest absolute Gasteiger partial charge is 0.207 e. The molecule has 6 heteroatoms. The summed E-state index contributed by atoms with van der Waals surface area (Å²) in [5.74, 6) is 1.65. The highest BCUT2D eigenvalue weighted by Crippen LogP contribution is 2.29. The molecule has 2 aromatic rings.